The number of nitrogens with zero attached hydrogens (tertiary/aromatic N) is 2. The normalized spacial score (nSPS) is 10.4. The second-order valence-corrected chi connectivity index (χ2v) is 6.35. The average molecular weight is 370 g/mol. The Morgan fingerprint density at radius 3 is 2.31 bits per heavy atom. The highest BCUT2D eigenvalue weighted by Gasteiger charge is 2.17. The fourth-order valence-electron chi connectivity index (χ4n) is 2.24. The highest BCUT2D eigenvalue weighted by molar-refractivity contribution is 7.15. The van der Waals surface area contributed by atoms with Crippen LogP contribution in [-0.4, -0.2) is 22.0 Å². The molecule has 132 valence electrons. The van der Waals surface area contributed by atoms with Crippen molar-refractivity contribution in [3.05, 3.63) is 70.5 Å². The van der Waals surface area contributed by atoms with Gasteiger partial charge in [0.15, 0.2) is 0 Å². The summed E-state index contributed by atoms with van der Waals surface area (Å²) >= 11 is 1.28. The molecule has 0 aliphatic carbocycles. The zero-order chi connectivity index (χ0) is 18.5. The van der Waals surface area contributed by atoms with Crippen LogP contribution in [0.1, 0.15) is 32.6 Å². The fraction of sp³-hybridized carbons (Fsp3) is 0.111. The molecule has 0 bridgehead atoms. The molecule has 0 radical (unpaired) electrons. The van der Waals surface area contributed by atoms with Gasteiger partial charge in [-0.1, -0.05) is 42.5 Å². The Labute approximate surface area is 153 Å². The zero-order valence-corrected chi connectivity index (χ0v) is 14.6. The van der Waals surface area contributed by atoms with Crippen LogP contribution in [0.25, 0.3) is 0 Å². The van der Waals surface area contributed by atoms with Crippen molar-refractivity contribution in [2.75, 3.05) is 10.6 Å². The number of amides is 2. The second-order valence-electron chi connectivity index (χ2n) is 5.29. The van der Waals surface area contributed by atoms with Gasteiger partial charge in [0.1, 0.15) is 10.8 Å². The summed E-state index contributed by atoms with van der Waals surface area (Å²) in [5.41, 5.74) is 0.420. The number of rotatable bonds is 5. The van der Waals surface area contributed by atoms with Crippen LogP contribution in [0.3, 0.4) is 0 Å². The highest BCUT2D eigenvalue weighted by Crippen LogP contribution is 2.21. The molecule has 0 aliphatic rings. The molecule has 2 N–H and O–H groups in total. The second kappa shape index (κ2) is 7.83. The van der Waals surface area contributed by atoms with Crippen molar-refractivity contribution in [3.63, 3.8) is 0 Å². The minimum atomic E-state index is -0.632. The summed E-state index contributed by atoms with van der Waals surface area (Å²) in [5.74, 6) is -1.70. The molecule has 2 aromatic carbocycles. The summed E-state index contributed by atoms with van der Waals surface area (Å²) < 4.78 is 13.8. The molecule has 3 rings (SSSR count). The maximum Gasteiger partial charge on any atom is 0.259 e. The van der Waals surface area contributed by atoms with E-state index >= 15 is 0 Å². The van der Waals surface area contributed by atoms with Crippen molar-refractivity contribution in [1.82, 2.24) is 10.2 Å². The average Bonchev–Trinajstić information content (AvgIpc) is 3.10. The molecular weight excluding hydrogens is 355 g/mol. The van der Waals surface area contributed by atoms with Gasteiger partial charge in [-0.15, -0.1) is 10.2 Å². The molecule has 0 saturated carbocycles. The number of carbonyl (C=O) groups is 2. The molecular formula is C18H15FN4O2S. The van der Waals surface area contributed by atoms with Crippen LogP contribution >= 0.6 is 11.3 Å². The molecule has 6 nitrogen and oxygen atoms in total. The van der Waals surface area contributed by atoms with Crippen molar-refractivity contribution < 1.29 is 14.0 Å². The van der Waals surface area contributed by atoms with E-state index in [1.165, 1.54) is 29.5 Å². The van der Waals surface area contributed by atoms with Gasteiger partial charge in [0.25, 0.3) is 11.8 Å². The van der Waals surface area contributed by atoms with Gasteiger partial charge in [0, 0.05) is 0 Å². The molecule has 2 amide bonds. The number of aryl methyl sites for hydroxylation is 1. The van der Waals surface area contributed by atoms with E-state index in [1.807, 2.05) is 6.92 Å². The molecule has 0 fully saturated rings. The van der Waals surface area contributed by atoms with Crippen molar-refractivity contribution in [2.24, 2.45) is 0 Å². The Kier molecular flexibility index (Phi) is 5.33. The molecule has 1 heterocycles. The molecule has 0 spiro atoms. The van der Waals surface area contributed by atoms with Crippen LogP contribution in [-0.2, 0) is 6.42 Å². The monoisotopic (exact) mass is 370 g/mol. The van der Waals surface area contributed by atoms with E-state index in [1.54, 1.807) is 30.3 Å². The van der Waals surface area contributed by atoms with Gasteiger partial charge < -0.3 is 5.32 Å². The third-order valence-electron chi connectivity index (χ3n) is 3.53. The Balaban J connectivity index is 1.80. The number of carbonyl (C=O) groups excluding carboxylic acids is 2. The van der Waals surface area contributed by atoms with Crippen LogP contribution in [0, 0.1) is 5.82 Å². The van der Waals surface area contributed by atoms with Crippen molar-refractivity contribution >= 4 is 34.0 Å². The van der Waals surface area contributed by atoms with E-state index < -0.39 is 17.6 Å². The van der Waals surface area contributed by atoms with E-state index in [4.69, 9.17) is 0 Å². The van der Waals surface area contributed by atoms with Crippen molar-refractivity contribution in [3.8, 4) is 0 Å². The first-order chi connectivity index (χ1) is 12.6. The smallest absolute Gasteiger partial charge is 0.259 e. The van der Waals surface area contributed by atoms with E-state index in [0.717, 1.165) is 11.4 Å². The standard InChI is InChI=1S/C18H15FN4O2S/c1-2-15-22-23-18(26-15)21-17(25)12-8-4-6-10-14(12)20-16(24)11-7-3-5-9-13(11)19/h3-10H,2H2,1H3,(H,20,24)(H,21,23,25). The Hall–Kier alpha value is -3.13. The van der Waals surface area contributed by atoms with Gasteiger partial charge in [0.2, 0.25) is 5.13 Å². The first-order valence-corrected chi connectivity index (χ1v) is 8.68. The third-order valence-corrected chi connectivity index (χ3v) is 4.51. The van der Waals surface area contributed by atoms with Gasteiger partial charge >= 0.3 is 0 Å². The maximum atomic E-state index is 13.8. The number of anilines is 2. The molecule has 0 atom stereocenters. The number of hydrogen-bond acceptors (Lipinski definition) is 5. The first-order valence-electron chi connectivity index (χ1n) is 7.87. The van der Waals surface area contributed by atoms with Gasteiger partial charge in [-0.25, -0.2) is 4.39 Å². The van der Waals surface area contributed by atoms with Crippen LogP contribution in [0.4, 0.5) is 15.2 Å². The molecule has 0 aliphatic heterocycles. The van der Waals surface area contributed by atoms with E-state index in [0.29, 0.717) is 5.13 Å². The molecule has 26 heavy (non-hydrogen) atoms. The van der Waals surface area contributed by atoms with Crippen LogP contribution in [0.2, 0.25) is 0 Å². The number of para-hydroxylation sites is 1. The lowest BCUT2D eigenvalue weighted by molar-refractivity contribution is 0.102. The SMILES string of the molecule is CCc1nnc(NC(=O)c2ccccc2NC(=O)c2ccccc2F)s1. The summed E-state index contributed by atoms with van der Waals surface area (Å²) in [6, 6.07) is 12.1. The minimum Gasteiger partial charge on any atom is -0.321 e. The van der Waals surface area contributed by atoms with Crippen LogP contribution < -0.4 is 10.6 Å². The number of halogens is 1. The quantitative estimate of drug-likeness (QED) is 0.716. The zero-order valence-electron chi connectivity index (χ0n) is 13.8. The van der Waals surface area contributed by atoms with E-state index in [9.17, 15) is 14.0 Å². The van der Waals surface area contributed by atoms with Crippen LogP contribution in [0.5, 0.6) is 0 Å². The minimum absolute atomic E-state index is 0.0978. The Morgan fingerprint density at radius 2 is 1.62 bits per heavy atom. The topological polar surface area (TPSA) is 84.0 Å². The Morgan fingerprint density at radius 1 is 0.962 bits per heavy atom. The predicted octanol–water partition coefficient (Wildman–Crippen LogP) is 3.74. The van der Waals surface area contributed by atoms with Gasteiger partial charge in [-0.05, 0) is 30.7 Å². The predicted molar refractivity (Wildman–Crippen MR) is 98.0 cm³/mol. The molecule has 1 aromatic heterocycles. The lowest BCUT2D eigenvalue weighted by Gasteiger charge is -2.10. The van der Waals surface area contributed by atoms with Crippen LogP contribution in [0.15, 0.2) is 48.5 Å². The summed E-state index contributed by atoms with van der Waals surface area (Å²) in [5, 5.41) is 14.3. The Bertz CT molecular complexity index is 958. The highest BCUT2D eigenvalue weighted by atomic mass is 32.1. The lowest BCUT2D eigenvalue weighted by atomic mass is 10.1. The molecule has 0 saturated heterocycles. The fourth-order valence-corrected chi connectivity index (χ4v) is 2.91. The van der Waals surface area contributed by atoms with Gasteiger partial charge in [0.05, 0.1) is 16.8 Å². The number of nitrogens with one attached hydrogen (secondary N) is 2. The van der Waals surface area contributed by atoms with Crippen molar-refractivity contribution in [1.29, 1.82) is 0 Å². The van der Waals surface area contributed by atoms with E-state index in [2.05, 4.69) is 20.8 Å². The summed E-state index contributed by atoms with van der Waals surface area (Å²) in [4.78, 5) is 24.8. The lowest BCUT2D eigenvalue weighted by Crippen LogP contribution is -2.19. The maximum absolute atomic E-state index is 13.8. The number of benzene rings is 2. The largest absolute Gasteiger partial charge is 0.321 e. The summed E-state index contributed by atoms with van der Waals surface area (Å²) in [6.07, 6.45) is 0.725. The third kappa shape index (κ3) is 3.92. The molecule has 0 unspecified atom stereocenters. The summed E-state index contributed by atoms with van der Waals surface area (Å²) in [6.45, 7) is 1.94. The molecule has 3 aromatic rings. The van der Waals surface area contributed by atoms with Gasteiger partial charge in [-0.2, -0.15) is 0 Å². The first kappa shape index (κ1) is 17.7. The number of aromatic nitrogens is 2. The summed E-state index contributed by atoms with van der Waals surface area (Å²) in [7, 11) is 0. The van der Waals surface area contributed by atoms with E-state index in [-0.39, 0.29) is 16.8 Å². The van der Waals surface area contributed by atoms with Gasteiger partial charge in [-0.3, -0.25) is 14.9 Å². The number of hydrogen-bond donors (Lipinski definition) is 2. The molecule has 8 heteroatoms. The van der Waals surface area contributed by atoms with Crippen molar-refractivity contribution in [2.45, 2.75) is 13.3 Å².